The Hall–Kier alpha value is -1.18. The molecule has 0 aromatic rings. The molecule has 36 heavy (non-hydrogen) atoms. The topological polar surface area (TPSA) is 34.1 Å². The van der Waals surface area contributed by atoms with Gasteiger partial charge in [0.15, 0.2) is 11.6 Å². The van der Waals surface area contributed by atoms with E-state index in [1.807, 2.05) is 0 Å². The summed E-state index contributed by atoms with van der Waals surface area (Å²) in [5, 5.41) is 0. The highest BCUT2D eigenvalue weighted by molar-refractivity contribution is 6.17. The van der Waals surface area contributed by atoms with E-state index in [0.29, 0.717) is 11.6 Å². The zero-order valence-corrected chi connectivity index (χ0v) is 25.1. The Morgan fingerprint density at radius 3 is 0.917 bits per heavy atom. The molecule has 4 atom stereocenters. The fourth-order valence-electron chi connectivity index (χ4n) is 10.5. The number of fused-ring (bicyclic) bond motifs is 4. The Bertz CT molecular complexity index is 832. The molecule has 0 heterocycles. The molecular formula is C34H56O2. The van der Waals surface area contributed by atoms with E-state index in [-0.39, 0.29) is 10.8 Å². The van der Waals surface area contributed by atoms with E-state index in [4.69, 9.17) is 0 Å². The first-order valence-corrected chi connectivity index (χ1v) is 15.9. The van der Waals surface area contributed by atoms with Crippen molar-refractivity contribution in [2.45, 2.75) is 158 Å². The monoisotopic (exact) mass is 496 g/mol. The van der Waals surface area contributed by atoms with Gasteiger partial charge in [-0.3, -0.25) is 9.59 Å². The second-order valence-corrected chi connectivity index (χ2v) is 12.2. The van der Waals surface area contributed by atoms with Crippen molar-refractivity contribution in [3.8, 4) is 0 Å². The van der Waals surface area contributed by atoms with Gasteiger partial charge in [-0.25, -0.2) is 0 Å². The predicted molar refractivity (Wildman–Crippen MR) is 153 cm³/mol. The van der Waals surface area contributed by atoms with E-state index >= 15 is 9.59 Å². The number of rotatable bonds is 16. The molecule has 0 unspecified atom stereocenters. The maximum atomic E-state index is 15.0. The average Bonchev–Trinajstić information content (AvgIpc) is 3.13. The molecule has 204 valence electrons. The molecule has 2 nitrogen and oxygen atoms in total. The smallest absolute Gasteiger partial charge is 0.166 e. The maximum Gasteiger partial charge on any atom is 0.166 e. The lowest BCUT2D eigenvalue weighted by Crippen LogP contribution is -2.80. The number of Topliss-reactive ketones (excluding diaryl/α,β-unsaturated/α-hetero) is 2. The van der Waals surface area contributed by atoms with Crippen LogP contribution in [0.1, 0.15) is 158 Å². The number of allylic oxidation sites excluding steroid dienone is 4. The number of ketones is 2. The summed E-state index contributed by atoms with van der Waals surface area (Å²) in [7, 11) is 0. The van der Waals surface area contributed by atoms with E-state index in [2.05, 4.69) is 55.4 Å². The van der Waals surface area contributed by atoms with Gasteiger partial charge in [-0.05, 0) is 62.5 Å². The van der Waals surface area contributed by atoms with Gasteiger partial charge in [0.05, 0.1) is 10.8 Å². The minimum Gasteiger partial charge on any atom is -0.294 e. The molecule has 0 amide bonds. The fourth-order valence-corrected chi connectivity index (χ4v) is 10.5. The average molecular weight is 497 g/mol. The van der Waals surface area contributed by atoms with Crippen molar-refractivity contribution in [2.75, 3.05) is 0 Å². The number of carbonyl (C=O) groups excluding carboxylic acids is 2. The number of carbonyl (C=O) groups is 2. The molecule has 0 N–H and O–H groups in total. The summed E-state index contributed by atoms with van der Waals surface area (Å²) in [6.45, 7) is 18.2. The van der Waals surface area contributed by atoms with Gasteiger partial charge in [-0.15, -0.1) is 0 Å². The Labute approximate surface area is 223 Å². The highest BCUT2D eigenvalue weighted by atomic mass is 16.1. The van der Waals surface area contributed by atoms with Gasteiger partial charge in [-0.2, -0.15) is 0 Å². The first kappa shape index (κ1) is 29.4. The van der Waals surface area contributed by atoms with Crippen LogP contribution in [0.3, 0.4) is 0 Å². The number of hydrogen-bond donors (Lipinski definition) is 0. The molecule has 3 aliphatic carbocycles. The van der Waals surface area contributed by atoms with Crippen molar-refractivity contribution in [2.24, 2.45) is 21.7 Å². The van der Waals surface area contributed by atoms with Crippen molar-refractivity contribution in [1.29, 1.82) is 0 Å². The van der Waals surface area contributed by atoms with Crippen LogP contribution in [0.15, 0.2) is 22.3 Å². The van der Waals surface area contributed by atoms with Crippen molar-refractivity contribution in [3.05, 3.63) is 22.3 Å². The van der Waals surface area contributed by atoms with Gasteiger partial charge in [0.2, 0.25) is 0 Å². The van der Waals surface area contributed by atoms with E-state index in [0.717, 1.165) is 114 Å². The van der Waals surface area contributed by atoms with Crippen LogP contribution in [-0.2, 0) is 9.59 Å². The second kappa shape index (κ2) is 11.3. The minimum atomic E-state index is -0.531. The Balaban J connectivity index is 2.59. The Morgan fingerprint density at radius 2 is 0.667 bits per heavy atom. The quantitative estimate of drug-likeness (QED) is 0.213. The predicted octanol–water partition coefficient (Wildman–Crippen LogP) is 10.1. The lowest BCUT2D eigenvalue weighted by Gasteiger charge is -2.79. The van der Waals surface area contributed by atoms with Crippen molar-refractivity contribution >= 4 is 11.6 Å². The zero-order chi connectivity index (χ0) is 26.8. The molecule has 0 aromatic heterocycles. The first-order chi connectivity index (χ1) is 17.3. The fraction of sp³-hybridized carbons (Fsp3) is 0.824. The molecule has 3 rings (SSSR count). The van der Waals surface area contributed by atoms with Crippen molar-refractivity contribution < 1.29 is 9.59 Å². The largest absolute Gasteiger partial charge is 0.294 e. The minimum absolute atomic E-state index is 0.164. The lowest BCUT2D eigenvalue weighted by atomic mass is 9.20. The molecule has 0 radical (unpaired) electrons. The van der Waals surface area contributed by atoms with Gasteiger partial charge >= 0.3 is 0 Å². The summed E-state index contributed by atoms with van der Waals surface area (Å²) in [5.74, 6) is 0.815. The molecular weight excluding hydrogens is 440 g/mol. The third-order valence-electron chi connectivity index (χ3n) is 10.5. The maximum absolute atomic E-state index is 15.0. The molecule has 0 saturated heterocycles. The highest BCUT2D eigenvalue weighted by Gasteiger charge is 2.93. The highest BCUT2D eigenvalue weighted by Crippen LogP contribution is 2.93. The van der Waals surface area contributed by atoms with Crippen LogP contribution < -0.4 is 0 Å². The summed E-state index contributed by atoms with van der Waals surface area (Å²) < 4.78 is 0. The molecule has 0 aliphatic heterocycles. The molecule has 0 bridgehead atoms. The Kier molecular flexibility index (Phi) is 9.21. The first-order valence-electron chi connectivity index (χ1n) is 15.9. The van der Waals surface area contributed by atoms with Gasteiger partial charge in [0, 0.05) is 10.8 Å². The number of hydrogen-bond acceptors (Lipinski definition) is 2. The van der Waals surface area contributed by atoms with Crippen LogP contribution in [0, 0.1) is 21.7 Å². The summed E-state index contributed by atoms with van der Waals surface area (Å²) in [6, 6.07) is 0. The van der Waals surface area contributed by atoms with Crippen molar-refractivity contribution in [3.63, 3.8) is 0 Å². The second-order valence-electron chi connectivity index (χ2n) is 12.2. The normalized spacial score (nSPS) is 33.4. The molecule has 0 aromatic carbocycles. The third-order valence-corrected chi connectivity index (χ3v) is 10.5. The van der Waals surface area contributed by atoms with E-state index in [9.17, 15) is 0 Å². The van der Waals surface area contributed by atoms with Crippen LogP contribution in [0.5, 0.6) is 0 Å². The Morgan fingerprint density at radius 1 is 0.389 bits per heavy atom. The van der Waals surface area contributed by atoms with Crippen molar-refractivity contribution in [1.82, 2.24) is 0 Å². The lowest BCUT2D eigenvalue weighted by molar-refractivity contribution is -0.279. The third kappa shape index (κ3) is 3.14. The van der Waals surface area contributed by atoms with Crippen LogP contribution in [0.4, 0.5) is 0 Å². The molecule has 2 heteroatoms. The SMILES string of the molecule is CCCC1=C(CCC)[C@@]2(CCC)[C@@](CCC)(C1=O)[C@]1(CCC)C(=O)C(CCC)=C(CCC)[C@@]12CCC. The molecule has 0 spiro atoms. The molecule has 1 fully saturated rings. The van der Waals surface area contributed by atoms with E-state index < -0.39 is 10.8 Å². The van der Waals surface area contributed by atoms with E-state index in [1.54, 1.807) is 0 Å². The zero-order valence-electron chi connectivity index (χ0n) is 25.1. The van der Waals surface area contributed by atoms with Gasteiger partial charge in [0.1, 0.15) is 0 Å². The van der Waals surface area contributed by atoms with Gasteiger partial charge in [0.25, 0.3) is 0 Å². The standard InChI is InChI=1S/C34H56O2/c1-9-17-25-27(19-11-3)31(21-13-5)32(22-14-6)28(20-12-4)26(18-10-2)30(36)34(32,24-16-8)33(31,23-15-7)29(25)35/h9-24H2,1-8H3/t31-,32-,33-,34-/m1/s1. The molecule has 1 saturated carbocycles. The summed E-state index contributed by atoms with van der Waals surface area (Å²) >= 11 is 0. The summed E-state index contributed by atoms with van der Waals surface area (Å²) in [4.78, 5) is 30.1. The van der Waals surface area contributed by atoms with Gasteiger partial charge < -0.3 is 0 Å². The van der Waals surface area contributed by atoms with Gasteiger partial charge in [-0.1, -0.05) is 118 Å². The van der Waals surface area contributed by atoms with Crippen LogP contribution in [-0.4, -0.2) is 11.6 Å². The van der Waals surface area contributed by atoms with Crippen LogP contribution in [0.2, 0.25) is 0 Å². The summed E-state index contributed by atoms with van der Waals surface area (Å²) in [5.41, 5.74) is 3.93. The molecule has 3 aliphatic rings. The van der Waals surface area contributed by atoms with E-state index in [1.165, 1.54) is 11.1 Å². The van der Waals surface area contributed by atoms with Crippen LogP contribution >= 0.6 is 0 Å². The van der Waals surface area contributed by atoms with Crippen LogP contribution in [0.25, 0.3) is 0 Å². The summed E-state index contributed by atoms with van der Waals surface area (Å²) in [6.07, 6.45) is 16.0.